The van der Waals surface area contributed by atoms with Crippen LogP contribution in [0.2, 0.25) is 5.02 Å². The van der Waals surface area contributed by atoms with Crippen LogP contribution in [0.1, 0.15) is 32.8 Å². The molecule has 2 rings (SSSR count). The van der Waals surface area contributed by atoms with Gasteiger partial charge in [0.1, 0.15) is 0 Å². The second-order valence-corrected chi connectivity index (χ2v) is 6.80. The summed E-state index contributed by atoms with van der Waals surface area (Å²) in [6, 6.07) is 5.56. The number of rotatable bonds is 2. The molecule has 0 saturated carbocycles. The first-order valence-corrected chi connectivity index (χ1v) is 6.97. The summed E-state index contributed by atoms with van der Waals surface area (Å²) in [4.78, 5) is 14.0. The van der Waals surface area contributed by atoms with Crippen molar-refractivity contribution in [1.29, 1.82) is 0 Å². The van der Waals surface area contributed by atoms with Gasteiger partial charge in [-0.3, -0.25) is 4.79 Å². The average molecular weight is 281 g/mol. The van der Waals surface area contributed by atoms with Gasteiger partial charge in [-0.25, -0.2) is 0 Å². The van der Waals surface area contributed by atoms with Crippen molar-refractivity contribution in [3.05, 3.63) is 28.8 Å². The van der Waals surface area contributed by atoms with Crippen LogP contribution in [0.25, 0.3) is 0 Å². The highest BCUT2D eigenvalue weighted by atomic mass is 35.5. The minimum atomic E-state index is 0.170. The van der Waals surface area contributed by atoms with Gasteiger partial charge >= 0.3 is 0 Å². The zero-order valence-corrected chi connectivity index (χ0v) is 12.5. The Balaban J connectivity index is 2.07. The highest BCUT2D eigenvalue weighted by Gasteiger charge is 2.36. The summed E-state index contributed by atoms with van der Waals surface area (Å²) in [7, 11) is 0. The van der Waals surface area contributed by atoms with Gasteiger partial charge in [-0.05, 0) is 29.0 Å². The summed E-state index contributed by atoms with van der Waals surface area (Å²) in [5, 5.41) is 0.559. The van der Waals surface area contributed by atoms with E-state index in [9.17, 15) is 4.79 Å². The molecule has 0 spiro atoms. The van der Waals surface area contributed by atoms with Crippen molar-refractivity contribution in [3.63, 3.8) is 0 Å². The average Bonchev–Trinajstić information content (AvgIpc) is 2.65. The van der Waals surface area contributed by atoms with E-state index in [1.165, 1.54) is 0 Å². The van der Waals surface area contributed by atoms with Crippen LogP contribution in [0.3, 0.4) is 0 Å². The molecule has 3 nitrogen and oxygen atoms in total. The molecule has 1 heterocycles. The van der Waals surface area contributed by atoms with Crippen LogP contribution in [0.15, 0.2) is 18.2 Å². The highest BCUT2D eigenvalue weighted by molar-refractivity contribution is 6.33. The molecule has 1 atom stereocenters. The monoisotopic (exact) mass is 280 g/mol. The maximum atomic E-state index is 12.1. The standard InChI is InChI=1S/C15H21ClN2O/c1-15(2,3)11-7-14(19)18(9-11)8-10-4-5-12(16)13(17)6-10/h4-6,11H,7-9,17H2,1-3H3. The molecule has 1 amide bonds. The van der Waals surface area contributed by atoms with Crippen LogP contribution >= 0.6 is 11.6 Å². The molecule has 0 radical (unpaired) electrons. The van der Waals surface area contributed by atoms with E-state index in [1.807, 2.05) is 17.0 Å². The molecule has 2 N–H and O–H groups in total. The molecule has 0 aliphatic carbocycles. The molecule has 4 heteroatoms. The minimum absolute atomic E-state index is 0.170. The van der Waals surface area contributed by atoms with Crippen LogP contribution in [0.5, 0.6) is 0 Å². The molecule has 104 valence electrons. The number of amides is 1. The summed E-state index contributed by atoms with van der Waals surface area (Å²) in [6.07, 6.45) is 0.645. The largest absolute Gasteiger partial charge is 0.398 e. The number of hydrogen-bond donors (Lipinski definition) is 1. The summed E-state index contributed by atoms with van der Waals surface area (Å²) >= 11 is 5.90. The number of hydrogen-bond acceptors (Lipinski definition) is 2. The van der Waals surface area contributed by atoms with Crippen LogP contribution in [0, 0.1) is 11.3 Å². The Labute approximate surface area is 119 Å². The first kappa shape index (κ1) is 14.2. The van der Waals surface area contributed by atoms with Gasteiger partial charge < -0.3 is 10.6 Å². The molecule has 0 aromatic heterocycles. The predicted molar refractivity (Wildman–Crippen MR) is 78.8 cm³/mol. The smallest absolute Gasteiger partial charge is 0.223 e. The number of nitrogens with two attached hydrogens (primary N) is 1. The quantitative estimate of drug-likeness (QED) is 0.845. The topological polar surface area (TPSA) is 46.3 Å². The second kappa shape index (κ2) is 5.04. The van der Waals surface area contributed by atoms with E-state index in [1.54, 1.807) is 6.07 Å². The van der Waals surface area contributed by atoms with Crippen LogP contribution in [-0.2, 0) is 11.3 Å². The lowest BCUT2D eigenvalue weighted by Gasteiger charge is -2.26. The maximum absolute atomic E-state index is 12.1. The summed E-state index contributed by atoms with van der Waals surface area (Å²) in [6.45, 7) is 8.01. The van der Waals surface area contributed by atoms with Gasteiger partial charge in [0.15, 0.2) is 0 Å². The molecule has 1 saturated heterocycles. The van der Waals surface area contributed by atoms with Gasteiger partial charge in [-0.2, -0.15) is 0 Å². The van der Waals surface area contributed by atoms with Gasteiger partial charge in [-0.1, -0.05) is 38.4 Å². The third kappa shape index (κ3) is 3.21. The zero-order valence-electron chi connectivity index (χ0n) is 11.7. The van der Waals surface area contributed by atoms with Crippen molar-refractivity contribution < 1.29 is 4.79 Å². The number of likely N-dealkylation sites (tertiary alicyclic amines) is 1. The van der Waals surface area contributed by atoms with E-state index in [4.69, 9.17) is 17.3 Å². The van der Waals surface area contributed by atoms with Crippen LogP contribution in [-0.4, -0.2) is 17.4 Å². The van der Waals surface area contributed by atoms with Crippen molar-refractivity contribution in [2.24, 2.45) is 11.3 Å². The van der Waals surface area contributed by atoms with E-state index in [2.05, 4.69) is 20.8 Å². The molecule has 1 fully saturated rings. The lowest BCUT2D eigenvalue weighted by Crippen LogP contribution is -2.27. The Morgan fingerprint density at radius 1 is 1.42 bits per heavy atom. The number of carbonyl (C=O) groups is 1. The number of benzene rings is 1. The molecule has 19 heavy (non-hydrogen) atoms. The molecule has 1 aliphatic rings. The molecule has 1 aromatic carbocycles. The third-order valence-electron chi connectivity index (χ3n) is 3.87. The van der Waals surface area contributed by atoms with Gasteiger partial charge in [0, 0.05) is 19.5 Å². The minimum Gasteiger partial charge on any atom is -0.398 e. The Morgan fingerprint density at radius 3 is 2.63 bits per heavy atom. The van der Waals surface area contributed by atoms with Gasteiger partial charge in [0.25, 0.3) is 0 Å². The molecular weight excluding hydrogens is 260 g/mol. The predicted octanol–water partition coefficient (Wildman–Crippen LogP) is 3.32. The van der Waals surface area contributed by atoms with Crippen molar-refractivity contribution in [2.75, 3.05) is 12.3 Å². The summed E-state index contributed by atoms with van der Waals surface area (Å²) < 4.78 is 0. The van der Waals surface area contributed by atoms with E-state index >= 15 is 0 Å². The van der Waals surface area contributed by atoms with Crippen molar-refractivity contribution in [3.8, 4) is 0 Å². The Morgan fingerprint density at radius 2 is 2.11 bits per heavy atom. The van der Waals surface area contributed by atoms with Gasteiger partial charge in [0.2, 0.25) is 5.91 Å². The zero-order chi connectivity index (χ0) is 14.2. The maximum Gasteiger partial charge on any atom is 0.223 e. The second-order valence-electron chi connectivity index (χ2n) is 6.40. The summed E-state index contributed by atoms with van der Waals surface area (Å²) in [5.74, 6) is 0.651. The fraction of sp³-hybridized carbons (Fsp3) is 0.533. The SMILES string of the molecule is CC(C)(C)C1CC(=O)N(Cc2ccc(Cl)c(N)c2)C1. The first-order chi connectivity index (χ1) is 8.77. The van der Waals surface area contributed by atoms with E-state index in [0.717, 1.165) is 12.1 Å². The van der Waals surface area contributed by atoms with Gasteiger partial charge in [0.05, 0.1) is 10.7 Å². The van der Waals surface area contributed by atoms with Crippen molar-refractivity contribution in [1.82, 2.24) is 4.90 Å². The number of halogens is 1. The summed E-state index contributed by atoms with van der Waals surface area (Å²) in [5.41, 5.74) is 7.56. The highest BCUT2D eigenvalue weighted by Crippen LogP contribution is 2.35. The van der Waals surface area contributed by atoms with E-state index < -0.39 is 0 Å². The first-order valence-electron chi connectivity index (χ1n) is 6.59. The van der Waals surface area contributed by atoms with Crippen molar-refractivity contribution in [2.45, 2.75) is 33.7 Å². The molecular formula is C15H21ClN2O. The van der Waals surface area contributed by atoms with Crippen LogP contribution in [0.4, 0.5) is 5.69 Å². The lowest BCUT2D eigenvalue weighted by molar-refractivity contribution is -0.128. The molecule has 0 bridgehead atoms. The third-order valence-corrected chi connectivity index (χ3v) is 4.22. The fourth-order valence-corrected chi connectivity index (χ4v) is 2.53. The molecule has 1 aliphatic heterocycles. The van der Waals surface area contributed by atoms with E-state index in [0.29, 0.717) is 29.6 Å². The van der Waals surface area contributed by atoms with E-state index in [-0.39, 0.29) is 11.3 Å². The molecule has 1 aromatic rings. The number of carbonyl (C=O) groups excluding carboxylic acids is 1. The Bertz CT molecular complexity index is 493. The normalized spacial score (nSPS) is 20.1. The number of nitrogen functional groups attached to an aromatic ring is 1. The number of anilines is 1. The van der Waals surface area contributed by atoms with Gasteiger partial charge in [-0.15, -0.1) is 0 Å². The lowest BCUT2D eigenvalue weighted by atomic mass is 9.80. The molecule has 1 unspecified atom stereocenters. The van der Waals surface area contributed by atoms with Crippen LogP contribution < -0.4 is 5.73 Å². The van der Waals surface area contributed by atoms with Crippen molar-refractivity contribution >= 4 is 23.2 Å². The Kier molecular flexibility index (Phi) is 3.77. The number of nitrogens with zero attached hydrogens (tertiary/aromatic N) is 1. The Hall–Kier alpha value is -1.22. The fourth-order valence-electron chi connectivity index (χ4n) is 2.42.